The fraction of sp³-hybridized carbons (Fsp3) is 0.625. The summed E-state index contributed by atoms with van der Waals surface area (Å²) in [4.78, 5) is 14.5. The molecule has 0 aromatic carbocycles. The molecule has 22 heavy (non-hydrogen) atoms. The van der Waals surface area contributed by atoms with Crippen molar-refractivity contribution in [3.63, 3.8) is 0 Å². The Morgan fingerprint density at radius 2 is 2.05 bits per heavy atom. The van der Waals surface area contributed by atoms with Crippen molar-refractivity contribution in [2.24, 2.45) is 7.05 Å². The first kappa shape index (κ1) is 16.5. The molecule has 6 heteroatoms. The van der Waals surface area contributed by atoms with Crippen molar-refractivity contribution < 1.29 is 4.79 Å². The summed E-state index contributed by atoms with van der Waals surface area (Å²) in [5, 5.41) is 10.3. The number of carbonyl (C=O) groups excluding carboxylic acids is 1. The minimum atomic E-state index is -0.178. The molecule has 0 bridgehead atoms. The summed E-state index contributed by atoms with van der Waals surface area (Å²) in [6.07, 6.45) is 5.05. The molecule has 6 nitrogen and oxygen atoms in total. The average molecular weight is 305 g/mol. The van der Waals surface area contributed by atoms with Gasteiger partial charge in [-0.25, -0.2) is 4.79 Å². The normalized spacial score (nSPS) is 17.3. The van der Waals surface area contributed by atoms with E-state index < -0.39 is 0 Å². The summed E-state index contributed by atoms with van der Waals surface area (Å²) >= 11 is 0. The van der Waals surface area contributed by atoms with Crippen molar-refractivity contribution in [1.82, 2.24) is 20.0 Å². The Balaban J connectivity index is 1.96. The van der Waals surface area contributed by atoms with E-state index in [0.29, 0.717) is 0 Å². The quantitative estimate of drug-likeness (QED) is 0.839. The Labute approximate surface area is 132 Å². The lowest BCUT2D eigenvalue weighted by Gasteiger charge is -2.26. The lowest BCUT2D eigenvalue weighted by Crippen LogP contribution is -2.39. The van der Waals surface area contributed by atoms with Gasteiger partial charge in [0, 0.05) is 32.4 Å². The Bertz CT molecular complexity index is 561. The molecule has 122 valence electrons. The van der Waals surface area contributed by atoms with Crippen LogP contribution in [0.25, 0.3) is 0 Å². The number of aryl methyl sites for hydroxylation is 1. The van der Waals surface area contributed by atoms with Crippen molar-refractivity contribution >= 4 is 11.7 Å². The second-order valence-electron chi connectivity index (χ2n) is 6.37. The molecule has 2 rings (SSSR count). The fourth-order valence-corrected chi connectivity index (χ4v) is 2.66. The zero-order valence-electron chi connectivity index (χ0n) is 14.2. The van der Waals surface area contributed by atoms with Gasteiger partial charge in [-0.3, -0.25) is 4.68 Å². The van der Waals surface area contributed by atoms with Crippen molar-refractivity contribution in [2.75, 3.05) is 25.5 Å². The van der Waals surface area contributed by atoms with E-state index in [1.807, 2.05) is 20.2 Å². The van der Waals surface area contributed by atoms with E-state index in [1.165, 1.54) is 5.57 Å². The van der Waals surface area contributed by atoms with Crippen LogP contribution in [0.4, 0.5) is 10.5 Å². The largest absolute Gasteiger partial charge is 0.332 e. The van der Waals surface area contributed by atoms with Crippen LogP contribution in [-0.4, -0.2) is 46.9 Å². The minimum absolute atomic E-state index is 0.0490. The van der Waals surface area contributed by atoms with Gasteiger partial charge in [0.1, 0.15) is 0 Å². The van der Waals surface area contributed by atoms with Crippen LogP contribution in [0.1, 0.15) is 38.8 Å². The average Bonchev–Trinajstić information content (AvgIpc) is 2.80. The predicted octanol–water partition coefficient (Wildman–Crippen LogP) is 2.32. The molecular weight excluding hydrogens is 278 g/mol. The minimum Gasteiger partial charge on any atom is -0.332 e. The monoisotopic (exact) mass is 305 g/mol. The smallest absolute Gasteiger partial charge is 0.319 e. The number of carbonyl (C=O) groups is 1. The molecule has 1 unspecified atom stereocenters. The molecule has 2 heterocycles. The molecule has 1 aromatic heterocycles. The SMILES string of the molecule is CC(NC(=O)Nc1cn(C)nc1C(C)C)C1=CCN(C)CC1. The van der Waals surface area contributed by atoms with Gasteiger partial charge in [-0.15, -0.1) is 0 Å². The van der Waals surface area contributed by atoms with Crippen LogP contribution in [-0.2, 0) is 7.05 Å². The number of aromatic nitrogens is 2. The molecule has 1 aliphatic heterocycles. The third kappa shape index (κ3) is 4.10. The van der Waals surface area contributed by atoms with E-state index in [-0.39, 0.29) is 18.0 Å². The van der Waals surface area contributed by atoms with E-state index in [0.717, 1.165) is 30.9 Å². The molecule has 0 saturated heterocycles. The van der Waals surface area contributed by atoms with Crippen LogP contribution in [0.5, 0.6) is 0 Å². The van der Waals surface area contributed by atoms with E-state index >= 15 is 0 Å². The van der Waals surface area contributed by atoms with Crippen LogP contribution in [0.15, 0.2) is 17.8 Å². The number of rotatable bonds is 4. The summed E-state index contributed by atoms with van der Waals surface area (Å²) < 4.78 is 1.73. The van der Waals surface area contributed by atoms with E-state index in [4.69, 9.17) is 0 Å². The molecule has 0 aliphatic carbocycles. The maximum Gasteiger partial charge on any atom is 0.319 e. The maximum atomic E-state index is 12.2. The highest BCUT2D eigenvalue weighted by Gasteiger charge is 2.18. The topological polar surface area (TPSA) is 62.2 Å². The van der Waals surface area contributed by atoms with Crippen LogP contribution in [0, 0.1) is 0 Å². The van der Waals surface area contributed by atoms with Gasteiger partial charge < -0.3 is 15.5 Å². The number of urea groups is 1. The van der Waals surface area contributed by atoms with Gasteiger partial charge in [0.05, 0.1) is 11.4 Å². The Morgan fingerprint density at radius 1 is 1.32 bits per heavy atom. The second-order valence-corrected chi connectivity index (χ2v) is 6.37. The highest BCUT2D eigenvalue weighted by molar-refractivity contribution is 5.90. The van der Waals surface area contributed by atoms with Crippen molar-refractivity contribution in [3.05, 3.63) is 23.5 Å². The predicted molar refractivity (Wildman–Crippen MR) is 89.1 cm³/mol. The molecule has 2 N–H and O–H groups in total. The number of anilines is 1. The molecule has 2 amide bonds. The summed E-state index contributed by atoms with van der Waals surface area (Å²) in [6, 6.07) is -0.130. The third-order valence-electron chi connectivity index (χ3n) is 4.00. The molecular formula is C16H27N5O. The molecule has 0 fully saturated rings. The van der Waals surface area contributed by atoms with Crippen LogP contribution >= 0.6 is 0 Å². The van der Waals surface area contributed by atoms with Crippen molar-refractivity contribution in [1.29, 1.82) is 0 Å². The number of nitrogens with zero attached hydrogens (tertiary/aromatic N) is 3. The Morgan fingerprint density at radius 3 is 2.64 bits per heavy atom. The van der Waals surface area contributed by atoms with Gasteiger partial charge in [-0.1, -0.05) is 19.9 Å². The second kappa shape index (κ2) is 6.96. The first-order valence-electron chi connectivity index (χ1n) is 7.85. The third-order valence-corrected chi connectivity index (χ3v) is 4.00. The highest BCUT2D eigenvalue weighted by atomic mass is 16.2. The number of hydrogen-bond acceptors (Lipinski definition) is 3. The molecule has 0 radical (unpaired) electrons. The molecule has 0 saturated carbocycles. The van der Waals surface area contributed by atoms with Gasteiger partial charge in [0.15, 0.2) is 0 Å². The molecule has 1 aliphatic rings. The Hall–Kier alpha value is -1.82. The summed E-state index contributed by atoms with van der Waals surface area (Å²) in [5.41, 5.74) is 2.98. The van der Waals surface area contributed by atoms with Crippen molar-refractivity contribution in [2.45, 2.75) is 39.2 Å². The van der Waals surface area contributed by atoms with E-state index in [2.05, 4.69) is 47.6 Å². The standard InChI is InChI=1S/C16H27N5O/c1-11(2)15-14(10-21(5)19-15)18-16(22)17-12(3)13-6-8-20(4)9-7-13/h6,10-12H,7-9H2,1-5H3,(H2,17,18,22). The molecule has 1 atom stereocenters. The van der Waals surface area contributed by atoms with E-state index in [1.54, 1.807) is 4.68 Å². The molecule has 0 spiro atoms. The van der Waals surface area contributed by atoms with Crippen LogP contribution in [0.2, 0.25) is 0 Å². The Kier molecular flexibility index (Phi) is 5.24. The van der Waals surface area contributed by atoms with E-state index in [9.17, 15) is 4.79 Å². The summed E-state index contributed by atoms with van der Waals surface area (Å²) in [6.45, 7) is 8.15. The fourth-order valence-electron chi connectivity index (χ4n) is 2.66. The highest BCUT2D eigenvalue weighted by Crippen LogP contribution is 2.22. The van der Waals surface area contributed by atoms with Crippen molar-refractivity contribution in [3.8, 4) is 0 Å². The number of amides is 2. The van der Waals surface area contributed by atoms with Crippen LogP contribution < -0.4 is 10.6 Å². The zero-order chi connectivity index (χ0) is 16.3. The number of nitrogens with one attached hydrogen (secondary N) is 2. The first-order valence-corrected chi connectivity index (χ1v) is 7.85. The lowest BCUT2D eigenvalue weighted by atomic mass is 10.0. The van der Waals surface area contributed by atoms with Gasteiger partial charge in [-0.2, -0.15) is 5.10 Å². The van der Waals surface area contributed by atoms with Gasteiger partial charge in [0.25, 0.3) is 0 Å². The molecule has 1 aromatic rings. The number of likely N-dealkylation sites (N-methyl/N-ethyl adjacent to an activating group) is 1. The summed E-state index contributed by atoms with van der Waals surface area (Å²) in [7, 11) is 3.97. The summed E-state index contributed by atoms with van der Waals surface area (Å²) in [5.74, 6) is 0.269. The number of hydrogen-bond donors (Lipinski definition) is 2. The zero-order valence-corrected chi connectivity index (χ0v) is 14.2. The van der Waals surface area contributed by atoms with Crippen LogP contribution in [0.3, 0.4) is 0 Å². The lowest BCUT2D eigenvalue weighted by molar-refractivity contribution is 0.249. The van der Waals surface area contributed by atoms with Gasteiger partial charge >= 0.3 is 6.03 Å². The first-order chi connectivity index (χ1) is 10.4. The maximum absolute atomic E-state index is 12.2. The van der Waals surface area contributed by atoms with Gasteiger partial charge in [0.2, 0.25) is 0 Å². The van der Waals surface area contributed by atoms with Gasteiger partial charge in [-0.05, 0) is 31.9 Å².